The van der Waals surface area contributed by atoms with Crippen LogP contribution in [-0.4, -0.2) is 14.2 Å². The average molecular weight is 304 g/mol. The third-order valence-corrected chi connectivity index (χ3v) is 4.32. The first kappa shape index (κ1) is 15.9. The third kappa shape index (κ3) is 3.99. The predicted molar refractivity (Wildman–Crippen MR) is 89.3 cm³/mol. The summed E-state index contributed by atoms with van der Waals surface area (Å²) >= 11 is 6.22. The number of benzene rings is 2. The minimum atomic E-state index is 0.311. The van der Waals surface area contributed by atoms with Crippen molar-refractivity contribution in [2.75, 3.05) is 14.2 Å². The molecular weight excluding hydrogens is 282 g/mol. The molecule has 2 aromatic rings. The van der Waals surface area contributed by atoms with Gasteiger partial charge < -0.3 is 10.1 Å². The van der Waals surface area contributed by atoms with Crippen LogP contribution in [0.3, 0.4) is 0 Å². The second-order valence-corrected chi connectivity index (χ2v) is 5.59. The number of methoxy groups -OCH3 is 1. The van der Waals surface area contributed by atoms with Gasteiger partial charge in [0, 0.05) is 11.1 Å². The van der Waals surface area contributed by atoms with Gasteiger partial charge in [-0.2, -0.15) is 0 Å². The van der Waals surface area contributed by atoms with Crippen LogP contribution in [0.25, 0.3) is 0 Å². The molecule has 0 heterocycles. The highest BCUT2D eigenvalue weighted by Gasteiger charge is 2.13. The van der Waals surface area contributed by atoms with E-state index in [0.29, 0.717) is 6.04 Å². The van der Waals surface area contributed by atoms with E-state index in [1.807, 2.05) is 31.3 Å². The quantitative estimate of drug-likeness (QED) is 0.845. The Kier molecular flexibility index (Phi) is 5.66. The van der Waals surface area contributed by atoms with E-state index in [4.69, 9.17) is 16.3 Å². The van der Waals surface area contributed by atoms with Crippen LogP contribution < -0.4 is 10.1 Å². The van der Waals surface area contributed by atoms with Crippen molar-refractivity contribution in [2.45, 2.75) is 25.8 Å². The van der Waals surface area contributed by atoms with Gasteiger partial charge in [0.25, 0.3) is 0 Å². The highest BCUT2D eigenvalue weighted by Crippen LogP contribution is 2.27. The van der Waals surface area contributed by atoms with Gasteiger partial charge in [-0.1, -0.05) is 35.9 Å². The molecule has 1 unspecified atom stereocenters. The molecule has 2 aromatic carbocycles. The Morgan fingerprint density at radius 1 is 1.14 bits per heavy atom. The lowest BCUT2D eigenvalue weighted by atomic mass is 9.95. The van der Waals surface area contributed by atoms with Crippen LogP contribution in [0.15, 0.2) is 42.5 Å². The van der Waals surface area contributed by atoms with Crippen LogP contribution >= 0.6 is 11.6 Å². The maximum atomic E-state index is 6.22. The Hall–Kier alpha value is -1.51. The molecule has 0 aliphatic rings. The van der Waals surface area contributed by atoms with Crippen LogP contribution in [0.1, 0.15) is 29.2 Å². The van der Waals surface area contributed by atoms with Crippen LogP contribution in [-0.2, 0) is 6.42 Å². The van der Waals surface area contributed by atoms with E-state index in [-0.39, 0.29) is 0 Å². The molecule has 1 N–H and O–H groups in total. The zero-order chi connectivity index (χ0) is 15.2. The van der Waals surface area contributed by atoms with Crippen molar-refractivity contribution in [1.29, 1.82) is 0 Å². The molecule has 0 fully saturated rings. The van der Waals surface area contributed by atoms with Gasteiger partial charge in [-0.25, -0.2) is 0 Å². The fraction of sp³-hybridized carbons (Fsp3) is 0.333. The Morgan fingerprint density at radius 2 is 1.86 bits per heavy atom. The van der Waals surface area contributed by atoms with E-state index in [1.165, 1.54) is 11.1 Å². The smallest absolute Gasteiger partial charge is 0.118 e. The molecule has 21 heavy (non-hydrogen) atoms. The number of nitrogens with one attached hydrogen (secondary N) is 1. The number of hydrogen-bond donors (Lipinski definition) is 1. The highest BCUT2D eigenvalue weighted by atomic mass is 35.5. The van der Waals surface area contributed by atoms with Gasteiger partial charge in [0.1, 0.15) is 5.75 Å². The van der Waals surface area contributed by atoms with Crippen molar-refractivity contribution >= 4 is 11.6 Å². The van der Waals surface area contributed by atoms with Gasteiger partial charge in [-0.05, 0) is 61.7 Å². The van der Waals surface area contributed by atoms with Crippen molar-refractivity contribution in [3.63, 3.8) is 0 Å². The van der Waals surface area contributed by atoms with Gasteiger partial charge in [0.15, 0.2) is 0 Å². The zero-order valence-electron chi connectivity index (χ0n) is 12.8. The lowest BCUT2D eigenvalue weighted by Gasteiger charge is -2.19. The van der Waals surface area contributed by atoms with E-state index in [1.54, 1.807) is 7.11 Å². The van der Waals surface area contributed by atoms with Crippen molar-refractivity contribution in [3.05, 3.63) is 64.2 Å². The number of halogens is 1. The number of rotatable bonds is 6. The summed E-state index contributed by atoms with van der Waals surface area (Å²) in [6.07, 6.45) is 2.05. The summed E-state index contributed by atoms with van der Waals surface area (Å²) in [5, 5.41) is 4.23. The SMILES string of the molecule is CNC(CCc1ccc(OC)cc1)c1cccc(Cl)c1C. The summed E-state index contributed by atoms with van der Waals surface area (Å²) in [4.78, 5) is 0. The largest absolute Gasteiger partial charge is 0.497 e. The second-order valence-electron chi connectivity index (χ2n) is 5.18. The molecule has 0 aliphatic carbocycles. The minimum absolute atomic E-state index is 0.311. The van der Waals surface area contributed by atoms with E-state index in [9.17, 15) is 0 Å². The molecule has 2 rings (SSSR count). The van der Waals surface area contributed by atoms with Crippen LogP contribution in [0.2, 0.25) is 5.02 Å². The molecule has 1 atom stereocenters. The fourth-order valence-electron chi connectivity index (χ4n) is 2.56. The van der Waals surface area contributed by atoms with Gasteiger partial charge in [0.05, 0.1) is 7.11 Å². The van der Waals surface area contributed by atoms with Crippen LogP contribution in [0.5, 0.6) is 5.75 Å². The average Bonchev–Trinajstić information content (AvgIpc) is 2.52. The van der Waals surface area contributed by atoms with Crippen molar-refractivity contribution in [2.24, 2.45) is 0 Å². The van der Waals surface area contributed by atoms with Gasteiger partial charge in [-0.15, -0.1) is 0 Å². The molecule has 0 amide bonds. The molecule has 3 heteroatoms. The highest BCUT2D eigenvalue weighted by molar-refractivity contribution is 6.31. The number of ether oxygens (including phenoxy) is 1. The van der Waals surface area contributed by atoms with E-state index in [2.05, 4.69) is 30.4 Å². The fourth-order valence-corrected chi connectivity index (χ4v) is 2.74. The first-order chi connectivity index (χ1) is 10.2. The van der Waals surface area contributed by atoms with Gasteiger partial charge >= 0.3 is 0 Å². The number of hydrogen-bond acceptors (Lipinski definition) is 2. The molecule has 0 aromatic heterocycles. The van der Waals surface area contributed by atoms with Crippen LogP contribution in [0.4, 0.5) is 0 Å². The monoisotopic (exact) mass is 303 g/mol. The molecule has 0 saturated heterocycles. The Labute approximate surface area is 132 Å². The minimum Gasteiger partial charge on any atom is -0.497 e. The standard InChI is InChI=1S/C18H22ClNO/c1-13-16(5-4-6-17(13)19)18(20-2)12-9-14-7-10-15(21-3)11-8-14/h4-8,10-11,18,20H,9,12H2,1-3H3. The van der Waals surface area contributed by atoms with E-state index < -0.39 is 0 Å². The number of aryl methyl sites for hydroxylation is 1. The first-order valence-electron chi connectivity index (χ1n) is 7.21. The third-order valence-electron chi connectivity index (χ3n) is 3.91. The van der Waals surface area contributed by atoms with Gasteiger partial charge in [-0.3, -0.25) is 0 Å². The zero-order valence-corrected chi connectivity index (χ0v) is 13.6. The summed E-state index contributed by atoms with van der Waals surface area (Å²) in [7, 11) is 3.69. The second kappa shape index (κ2) is 7.48. The Bertz CT molecular complexity index is 580. The van der Waals surface area contributed by atoms with Gasteiger partial charge in [0.2, 0.25) is 0 Å². The van der Waals surface area contributed by atoms with E-state index in [0.717, 1.165) is 29.2 Å². The van der Waals surface area contributed by atoms with Crippen molar-refractivity contribution in [1.82, 2.24) is 5.32 Å². The van der Waals surface area contributed by atoms with Crippen molar-refractivity contribution < 1.29 is 4.74 Å². The molecule has 0 aliphatic heterocycles. The summed E-state index contributed by atoms with van der Waals surface area (Å²) in [5.41, 5.74) is 3.75. The van der Waals surface area contributed by atoms with E-state index >= 15 is 0 Å². The normalized spacial score (nSPS) is 12.2. The molecular formula is C18H22ClNO. The molecule has 0 saturated carbocycles. The maximum Gasteiger partial charge on any atom is 0.118 e. The Morgan fingerprint density at radius 3 is 2.48 bits per heavy atom. The molecule has 0 radical (unpaired) electrons. The van der Waals surface area contributed by atoms with Crippen LogP contribution in [0, 0.1) is 6.92 Å². The van der Waals surface area contributed by atoms with Crippen molar-refractivity contribution in [3.8, 4) is 5.75 Å². The topological polar surface area (TPSA) is 21.3 Å². The first-order valence-corrected chi connectivity index (χ1v) is 7.58. The molecule has 0 bridgehead atoms. The molecule has 112 valence electrons. The summed E-state index contributed by atoms with van der Waals surface area (Å²) in [6, 6.07) is 14.7. The summed E-state index contributed by atoms with van der Waals surface area (Å²) < 4.78 is 5.19. The lowest BCUT2D eigenvalue weighted by Crippen LogP contribution is -2.18. The summed E-state index contributed by atoms with van der Waals surface area (Å²) in [5.74, 6) is 0.898. The molecule has 2 nitrogen and oxygen atoms in total. The molecule has 0 spiro atoms. The summed E-state index contributed by atoms with van der Waals surface area (Å²) in [6.45, 7) is 2.08. The predicted octanol–water partition coefficient (Wildman–Crippen LogP) is 4.55. The maximum absolute atomic E-state index is 6.22. The Balaban J connectivity index is 2.06. The lowest BCUT2D eigenvalue weighted by molar-refractivity contribution is 0.414.